The second-order valence-electron chi connectivity index (χ2n) is 5.35. The summed E-state index contributed by atoms with van der Waals surface area (Å²) in [5.74, 6) is 1.32. The van der Waals surface area contributed by atoms with E-state index in [1.54, 1.807) is 12.1 Å². The van der Waals surface area contributed by atoms with Gasteiger partial charge < -0.3 is 5.32 Å². The molecule has 1 aromatic carbocycles. The van der Waals surface area contributed by atoms with Crippen LogP contribution in [-0.4, -0.2) is 5.91 Å². The van der Waals surface area contributed by atoms with Crippen molar-refractivity contribution in [1.82, 2.24) is 5.32 Å². The van der Waals surface area contributed by atoms with E-state index in [0.29, 0.717) is 5.56 Å². The summed E-state index contributed by atoms with van der Waals surface area (Å²) in [6, 6.07) is 4.85. The van der Waals surface area contributed by atoms with Crippen molar-refractivity contribution < 1.29 is 9.18 Å². The van der Waals surface area contributed by atoms with Crippen LogP contribution < -0.4 is 5.32 Å². The van der Waals surface area contributed by atoms with Crippen molar-refractivity contribution >= 4 is 17.5 Å². The number of halogens is 2. The van der Waals surface area contributed by atoms with Gasteiger partial charge in [-0.05, 0) is 37.2 Å². The van der Waals surface area contributed by atoms with Gasteiger partial charge in [-0.2, -0.15) is 0 Å². The Morgan fingerprint density at radius 2 is 2.06 bits per heavy atom. The van der Waals surface area contributed by atoms with E-state index in [2.05, 4.69) is 5.32 Å². The number of rotatable bonds is 3. The van der Waals surface area contributed by atoms with E-state index in [-0.39, 0.29) is 23.4 Å². The summed E-state index contributed by atoms with van der Waals surface area (Å²) in [4.78, 5) is 11.9. The molecular weight excluding hydrogens is 253 g/mol. The van der Waals surface area contributed by atoms with Gasteiger partial charge in [0.2, 0.25) is 5.91 Å². The number of amides is 1. The molecule has 0 aliphatic heterocycles. The minimum atomic E-state index is -0.436. The monoisotopic (exact) mass is 267 g/mol. The lowest BCUT2D eigenvalue weighted by atomic mass is 10.0. The number of carbonyl (C=O) groups is 1. The van der Waals surface area contributed by atoms with Crippen LogP contribution in [0.2, 0.25) is 5.02 Å². The van der Waals surface area contributed by atoms with E-state index in [1.165, 1.54) is 12.5 Å². The Kier molecular flexibility index (Phi) is 3.02. The molecule has 2 fully saturated rings. The zero-order valence-electron chi connectivity index (χ0n) is 9.96. The van der Waals surface area contributed by atoms with Gasteiger partial charge in [-0.25, -0.2) is 4.39 Å². The Labute approximate surface area is 111 Å². The Hall–Kier alpha value is -1.09. The maximum atomic E-state index is 13.6. The highest BCUT2D eigenvalue weighted by Gasteiger charge is 2.47. The third-order valence-electron chi connectivity index (χ3n) is 4.10. The molecular formula is C14H15ClFNO. The quantitative estimate of drug-likeness (QED) is 0.896. The molecule has 18 heavy (non-hydrogen) atoms. The largest absolute Gasteiger partial charge is 0.352 e. The number of carbonyl (C=O) groups excluding carboxylic acids is 1. The number of benzene rings is 1. The van der Waals surface area contributed by atoms with E-state index >= 15 is 0 Å². The van der Waals surface area contributed by atoms with E-state index < -0.39 is 5.82 Å². The molecule has 0 saturated heterocycles. The van der Waals surface area contributed by atoms with Gasteiger partial charge in [-0.15, -0.1) is 0 Å². The minimum absolute atomic E-state index is 0.0570. The van der Waals surface area contributed by atoms with Crippen LogP contribution in [0.25, 0.3) is 0 Å². The average molecular weight is 268 g/mol. The summed E-state index contributed by atoms with van der Waals surface area (Å²) < 4.78 is 13.6. The summed E-state index contributed by atoms with van der Waals surface area (Å²) in [6.07, 6.45) is 3.32. The van der Waals surface area contributed by atoms with E-state index in [4.69, 9.17) is 11.6 Å². The first-order valence-electron chi connectivity index (χ1n) is 6.35. The van der Waals surface area contributed by atoms with Crippen LogP contribution in [0.4, 0.5) is 4.39 Å². The van der Waals surface area contributed by atoms with E-state index in [9.17, 15) is 9.18 Å². The number of fused-ring (bicyclic) bond motifs is 1. The molecule has 1 aromatic rings. The van der Waals surface area contributed by atoms with Gasteiger partial charge in [-0.1, -0.05) is 23.7 Å². The molecule has 2 unspecified atom stereocenters. The molecule has 1 N–H and O–H groups in total. The summed E-state index contributed by atoms with van der Waals surface area (Å²) in [5.41, 5.74) is 0.444. The third-order valence-corrected chi connectivity index (χ3v) is 4.39. The number of hydrogen-bond donors (Lipinski definition) is 1. The van der Waals surface area contributed by atoms with Crippen molar-refractivity contribution in [1.29, 1.82) is 0 Å². The Bertz CT molecular complexity index is 481. The lowest BCUT2D eigenvalue weighted by molar-refractivity contribution is -0.125. The normalized spacial score (nSPS) is 28.9. The summed E-state index contributed by atoms with van der Waals surface area (Å²) in [7, 11) is 0. The summed E-state index contributed by atoms with van der Waals surface area (Å²) >= 11 is 5.69. The molecule has 1 amide bonds. The van der Waals surface area contributed by atoms with Crippen molar-refractivity contribution in [3.8, 4) is 0 Å². The Morgan fingerprint density at radius 1 is 1.33 bits per heavy atom. The molecule has 0 heterocycles. The molecule has 2 atom stereocenters. The van der Waals surface area contributed by atoms with Gasteiger partial charge in [0.1, 0.15) is 5.82 Å². The highest BCUT2D eigenvalue weighted by Crippen LogP contribution is 2.54. The van der Waals surface area contributed by atoms with Gasteiger partial charge in [0.05, 0.1) is 5.02 Å². The lowest BCUT2D eigenvalue weighted by Crippen LogP contribution is -2.29. The van der Waals surface area contributed by atoms with Crippen molar-refractivity contribution in [2.75, 3.05) is 0 Å². The maximum absolute atomic E-state index is 13.6. The van der Waals surface area contributed by atoms with Crippen LogP contribution in [0, 0.1) is 23.6 Å². The molecule has 0 radical (unpaired) electrons. The second kappa shape index (κ2) is 4.54. The summed E-state index contributed by atoms with van der Waals surface area (Å²) in [6.45, 7) is 0.219. The standard InChI is InChI=1S/C14H15ClFNO/c15-12-3-1-2-8(13(12)16)7-17-14(18)11-5-9-4-10(9)6-11/h1-3,9-11H,4-7H2,(H,17,18). The second-order valence-corrected chi connectivity index (χ2v) is 5.76. The molecule has 0 spiro atoms. The zero-order chi connectivity index (χ0) is 12.7. The maximum Gasteiger partial charge on any atom is 0.223 e. The molecule has 96 valence electrons. The van der Waals surface area contributed by atoms with Crippen LogP contribution in [0.5, 0.6) is 0 Å². The first-order chi connectivity index (χ1) is 8.65. The highest BCUT2D eigenvalue weighted by atomic mass is 35.5. The fourth-order valence-corrected chi connectivity index (χ4v) is 3.13. The van der Waals surface area contributed by atoms with E-state index in [1.807, 2.05) is 0 Å². The van der Waals surface area contributed by atoms with Crippen molar-refractivity contribution in [2.24, 2.45) is 17.8 Å². The van der Waals surface area contributed by atoms with Gasteiger partial charge in [0, 0.05) is 18.0 Å². The zero-order valence-corrected chi connectivity index (χ0v) is 10.7. The predicted molar refractivity (Wildman–Crippen MR) is 67.6 cm³/mol. The average Bonchev–Trinajstić information content (AvgIpc) is 2.97. The Morgan fingerprint density at radius 3 is 2.78 bits per heavy atom. The topological polar surface area (TPSA) is 29.1 Å². The van der Waals surface area contributed by atoms with Crippen LogP contribution in [0.3, 0.4) is 0 Å². The van der Waals surface area contributed by atoms with Crippen molar-refractivity contribution in [3.63, 3.8) is 0 Å². The van der Waals surface area contributed by atoms with Gasteiger partial charge in [0.15, 0.2) is 0 Å². The lowest BCUT2D eigenvalue weighted by Gasteiger charge is -2.12. The first kappa shape index (κ1) is 12.0. The van der Waals surface area contributed by atoms with Crippen molar-refractivity contribution in [3.05, 3.63) is 34.6 Å². The van der Waals surface area contributed by atoms with Crippen molar-refractivity contribution in [2.45, 2.75) is 25.8 Å². The van der Waals surface area contributed by atoms with Gasteiger partial charge >= 0.3 is 0 Å². The Balaban J connectivity index is 1.57. The SMILES string of the molecule is O=C(NCc1cccc(Cl)c1F)C1CC2CC2C1. The molecule has 0 bridgehead atoms. The molecule has 2 aliphatic rings. The smallest absolute Gasteiger partial charge is 0.223 e. The molecule has 2 saturated carbocycles. The van der Waals surface area contributed by atoms with Gasteiger partial charge in [-0.3, -0.25) is 4.79 Å². The van der Waals surface area contributed by atoms with E-state index in [0.717, 1.165) is 24.7 Å². The minimum Gasteiger partial charge on any atom is -0.352 e. The number of hydrogen-bond acceptors (Lipinski definition) is 1. The summed E-state index contributed by atoms with van der Waals surface area (Å²) in [5, 5.41) is 2.91. The third kappa shape index (κ3) is 2.24. The molecule has 0 aromatic heterocycles. The fraction of sp³-hybridized carbons (Fsp3) is 0.500. The van der Waals surface area contributed by atoms with Gasteiger partial charge in [0.25, 0.3) is 0 Å². The first-order valence-corrected chi connectivity index (χ1v) is 6.73. The van der Waals surface area contributed by atoms with Crippen LogP contribution in [-0.2, 0) is 11.3 Å². The molecule has 3 rings (SSSR count). The van der Waals surface area contributed by atoms with Crippen LogP contribution in [0.15, 0.2) is 18.2 Å². The fourth-order valence-electron chi connectivity index (χ4n) is 2.94. The molecule has 4 heteroatoms. The highest BCUT2D eigenvalue weighted by molar-refractivity contribution is 6.30. The van der Waals surface area contributed by atoms with Crippen LogP contribution >= 0.6 is 11.6 Å². The number of nitrogens with one attached hydrogen (secondary N) is 1. The molecule has 2 aliphatic carbocycles. The molecule has 2 nitrogen and oxygen atoms in total. The van der Waals surface area contributed by atoms with Crippen LogP contribution in [0.1, 0.15) is 24.8 Å². The predicted octanol–water partition coefficient (Wildman–Crippen LogP) is 3.14.